The van der Waals surface area contributed by atoms with Crippen LogP contribution in [0, 0.1) is 0 Å². The summed E-state index contributed by atoms with van der Waals surface area (Å²) in [5.74, 6) is -0.551. The minimum Gasteiger partial charge on any atom is -0.444 e. The van der Waals surface area contributed by atoms with Crippen molar-refractivity contribution in [1.29, 1.82) is 0 Å². The maximum atomic E-state index is 12.7. The third-order valence-electron chi connectivity index (χ3n) is 5.04. The van der Waals surface area contributed by atoms with E-state index in [0.717, 1.165) is 32.8 Å². The number of carbonyl (C=O) groups excluding carboxylic acids is 3. The van der Waals surface area contributed by atoms with Crippen molar-refractivity contribution in [2.45, 2.75) is 26.4 Å². The maximum absolute atomic E-state index is 12.7. The van der Waals surface area contributed by atoms with Gasteiger partial charge in [0.2, 0.25) is 0 Å². The molecule has 0 aromatic heterocycles. The van der Waals surface area contributed by atoms with Gasteiger partial charge in [0.05, 0.1) is 24.6 Å². The second-order valence-electron chi connectivity index (χ2n) is 8.91. The predicted octanol–water partition coefficient (Wildman–Crippen LogP) is 3.35. The average molecular weight is 469 g/mol. The summed E-state index contributed by atoms with van der Waals surface area (Å²) in [6, 6.07) is 13.3. The van der Waals surface area contributed by atoms with Gasteiger partial charge in [0.15, 0.2) is 0 Å². The van der Waals surface area contributed by atoms with Gasteiger partial charge in [-0.05, 0) is 57.2 Å². The van der Waals surface area contributed by atoms with E-state index in [1.54, 1.807) is 69.3 Å². The van der Waals surface area contributed by atoms with Gasteiger partial charge in [-0.2, -0.15) is 0 Å². The summed E-state index contributed by atoms with van der Waals surface area (Å²) in [6.07, 6.45) is -0.613. The van der Waals surface area contributed by atoms with Gasteiger partial charge in [-0.15, -0.1) is 0 Å². The van der Waals surface area contributed by atoms with Crippen LogP contribution in [0.15, 0.2) is 48.5 Å². The highest BCUT2D eigenvalue weighted by molar-refractivity contribution is 6.07. The number of nitrogens with zero attached hydrogens (tertiary/aromatic N) is 1. The number of carbonyl (C=O) groups is 3. The van der Waals surface area contributed by atoms with Gasteiger partial charge in [-0.25, -0.2) is 4.79 Å². The number of amides is 3. The van der Waals surface area contributed by atoms with Gasteiger partial charge in [0.25, 0.3) is 11.8 Å². The summed E-state index contributed by atoms with van der Waals surface area (Å²) < 4.78 is 10.6. The van der Waals surface area contributed by atoms with Crippen LogP contribution in [-0.2, 0) is 9.47 Å². The molecule has 9 nitrogen and oxygen atoms in total. The Bertz CT molecular complexity index is 995. The number of benzene rings is 2. The van der Waals surface area contributed by atoms with E-state index in [1.807, 2.05) is 0 Å². The number of morpholine rings is 1. The smallest absolute Gasteiger partial charge is 0.412 e. The third kappa shape index (κ3) is 7.86. The first-order valence-corrected chi connectivity index (χ1v) is 11.3. The van der Waals surface area contributed by atoms with Gasteiger partial charge in [-0.1, -0.05) is 12.1 Å². The van der Waals surface area contributed by atoms with Crippen molar-refractivity contribution < 1.29 is 23.9 Å². The lowest BCUT2D eigenvalue weighted by atomic mass is 10.1. The van der Waals surface area contributed by atoms with E-state index in [1.165, 1.54) is 0 Å². The Kier molecular flexibility index (Phi) is 8.61. The number of hydrogen-bond donors (Lipinski definition) is 3. The van der Waals surface area contributed by atoms with Crippen LogP contribution in [0.4, 0.5) is 16.2 Å². The van der Waals surface area contributed by atoms with E-state index < -0.39 is 11.7 Å². The number of ether oxygens (including phenoxy) is 2. The fourth-order valence-corrected chi connectivity index (χ4v) is 3.34. The minimum atomic E-state index is -0.640. The van der Waals surface area contributed by atoms with Crippen LogP contribution in [0.2, 0.25) is 0 Å². The number of nitrogens with one attached hydrogen (secondary N) is 3. The Hall–Kier alpha value is -3.43. The van der Waals surface area contributed by atoms with Crippen molar-refractivity contribution in [3.05, 3.63) is 59.7 Å². The first-order valence-electron chi connectivity index (χ1n) is 11.3. The highest BCUT2D eigenvalue weighted by Crippen LogP contribution is 2.23. The van der Waals surface area contributed by atoms with Crippen molar-refractivity contribution in [3.8, 4) is 0 Å². The summed E-state index contributed by atoms with van der Waals surface area (Å²) in [4.78, 5) is 39.5. The molecule has 3 rings (SSSR count). The third-order valence-corrected chi connectivity index (χ3v) is 5.04. The molecule has 2 aromatic rings. The molecule has 0 aliphatic carbocycles. The molecule has 0 radical (unpaired) electrons. The highest BCUT2D eigenvalue weighted by Gasteiger charge is 2.18. The second kappa shape index (κ2) is 11.6. The van der Waals surface area contributed by atoms with Crippen molar-refractivity contribution in [3.63, 3.8) is 0 Å². The topological polar surface area (TPSA) is 109 Å². The Morgan fingerprint density at radius 2 is 1.44 bits per heavy atom. The summed E-state index contributed by atoms with van der Waals surface area (Å²) in [5.41, 5.74) is 1.07. The van der Waals surface area contributed by atoms with Gasteiger partial charge >= 0.3 is 6.09 Å². The van der Waals surface area contributed by atoms with Crippen molar-refractivity contribution >= 4 is 29.3 Å². The van der Waals surface area contributed by atoms with Crippen LogP contribution in [0.1, 0.15) is 41.5 Å². The molecule has 3 amide bonds. The highest BCUT2D eigenvalue weighted by atomic mass is 16.6. The molecule has 0 unspecified atom stereocenters. The molecule has 1 heterocycles. The minimum absolute atomic E-state index is 0.188. The molecule has 1 saturated heterocycles. The molecule has 0 saturated carbocycles. The van der Waals surface area contributed by atoms with E-state index in [4.69, 9.17) is 9.47 Å². The van der Waals surface area contributed by atoms with Gasteiger partial charge in [-0.3, -0.25) is 19.8 Å². The summed E-state index contributed by atoms with van der Waals surface area (Å²) >= 11 is 0. The second-order valence-corrected chi connectivity index (χ2v) is 8.91. The molecular formula is C25H32N4O5. The van der Waals surface area contributed by atoms with E-state index in [-0.39, 0.29) is 11.8 Å². The van der Waals surface area contributed by atoms with Crippen LogP contribution in [0.5, 0.6) is 0 Å². The van der Waals surface area contributed by atoms with E-state index in [0.29, 0.717) is 29.0 Å². The Morgan fingerprint density at radius 3 is 2.03 bits per heavy atom. The molecule has 0 atom stereocenters. The summed E-state index contributed by atoms with van der Waals surface area (Å²) in [7, 11) is 0. The lowest BCUT2D eigenvalue weighted by Crippen LogP contribution is -2.41. The van der Waals surface area contributed by atoms with E-state index in [9.17, 15) is 14.4 Å². The van der Waals surface area contributed by atoms with Gasteiger partial charge in [0.1, 0.15) is 5.60 Å². The average Bonchev–Trinajstić information content (AvgIpc) is 2.80. The SMILES string of the molecule is CC(C)(C)OC(=O)Nc1ccccc1NC(=O)c1ccc(C(=O)NCCN2CCOCC2)cc1. The molecule has 1 fully saturated rings. The molecule has 1 aliphatic rings. The van der Waals surface area contributed by atoms with E-state index in [2.05, 4.69) is 20.9 Å². The van der Waals surface area contributed by atoms with Crippen molar-refractivity contribution in [1.82, 2.24) is 10.2 Å². The van der Waals surface area contributed by atoms with Crippen LogP contribution in [-0.4, -0.2) is 67.8 Å². The maximum Gasteiger partial charge on any atom is 0.412 e. The number of rotatable bonds is 7. The fraction of sp³-hybridized carbons (Fsp3) is 0.400. The summed E-state index contributed by atoms with van der Waals surface area (Å²) in [6.45, 7) is 9.82. The Balaban J connectivity index is 1.54. The predicted molar refractivity (Wildman–Crippen MR) is 130 cm³/mol. The molecule has 1 aliphatic heterocycles. The number of anilines is 2. The number of para-hydroxylation sites is 2. The first-order chi connectivity index (χ1) is 16.2. The monoisotopic (exact) mass is 468 g/mol. The molecule has 3 N–H and O–H groups in total. The largest absolute Gasteiger partial charge is 0.444 e. The Labute approximate surface area is 199 Å². The van der Waals surface area contributed by atoms with Crippen molar-refractivity contribution in [2.75, 3.05) is 50.0 Å². The molecule has 0 bridgehead atoms. The molecule has 182 valence electrons. The van der Waals surface area contributed by atoms with Crippen LogP contribution >= 0.6 is 0 Å². The molecule has 0 spiro atoms. The Morgan fingerprint density at radius 1 is 0.882 bits per heavy atom. The zero-order valence-electron chi connectivity index (χ0n) is 19.8. The van der Waals surface area contributed by atoms with Gasteiger partial charge in [0, 0.05) is 37.3 Å². The molecule has 34 heavy (non-hydrogen) atoms. The van der Waals surface area contributed by atoms with Gasteiger partial charge < -0.3 is 20.1 Å². The lowest BCUT2D eigenvalue weighted by molar-refractivity contribution is 0.0383. The molecule has 9 heteroatoms. The standard InChI is InChI=1S/C25H32N4O5/c1-25(2,3)34-24(32)28-21-7-5-4-6-20(21)27-23(31)19-10-8-18(9-11-19)22(30)26-12-13-29-14-16-33-17-15-29/h4-11H,12-17H2,1-3H3,(H,26,30)(H,27,31)(H,28,32). The molecular weight excluding hydrogens is 436 g/mol. The molecule has 2 aromatic carbocycles. The van der Waals surface area contributed by atoms with Crippen LogP contribution in [0.3, 0.4) is 0 Å². The van der Waals surface area contributed by atoms with Crippen molar-refractivity contribution in [2.24, 2.45) is 0 Å². The fourth-order valence-electron chi connectivity index (χ4n) is 3.34. The quantitative estimate of drug-likeness (QED) is 0.575. The van der Waals surface area contributed by atoms with E-state index >= 15 is 0 Å². The normalized spacial score (nSPS) is 14.2. The zero-order valence-corrected chi connectivity index (χ0v) is 19.8. The lowest BCUT2D eigenvalue weighted by Gasteiger charge is -2.26. The van der Waals surface area contributed by atoms with Crippen LogP contribution in [0.25, 0.3) is 0 Å². The number of hydrogen-bond acceptors (Lipinski definition) is 6. The first kappa shape index (κ1) is 25.2. The van der Waals surface area contributed by atoms with Crippen LogP contribution < -0.4 is 16.0 Å². The zero-order chi connectivity index (χ0) is 24.6. The summed E-state index contributed by atoms with van der Waals surface area (Å²) in [5, 5.41) is 8.34.